The molecule has 1 aliphatic rings. The summed E-state index contributed by atoms with van der Waals surface area (Å²) in [6.45, 7) is 2.74. The lowest BCUT2D eigenvalue weighted by Crippen LogP contribution is -2.36. The van der Waals surface area contributed by atoms with Gasteiger partial charge in [-0.05, 0) is 52.3 Å². The number of carbonyl (C=O) groups excluding carboxylic acids is 1. The molecule has 8 heteroatoms. The Morgan fingerprint density at radius 2 is 1.89 bits per heavy atom. The van der Waals surface area contributed by atoms with Gasteiger partial charge in [-0.15, -0.1) is 0 Å². The molecule has 1 aromatic heterocycles. The lowest BCUT2D eigenvalue weighted by molar-refractivity contribution is 0.122. The van der Waals surface area contributed by atoms with Crippen molar-refractivity contribution in [2.45, 2.75) is 0 Å². The minimum Gasteiger partial charge on any atom is -0.378 e. The molecule has 0 unspecified atom stereocenters. The first-order valence-electron chi connectivity index (χ1n) is 8.86. The third-order valence-corrected chi connectivity index (χ3v) is 5.14. The highest BCUT2D eigenvalue weighted by Crippen LogP contribution is 2.26. The van der Waals surface area contributed by atoms with Crippen LogP contribution >= 0.6 is 15.9 Å². The maximum Gasteiger partial charge on any atom is 0.323 e. The van der Waals surface area contributed by atoms with Crippen molar-refractivity contribution in [3.63, 3.8) is 0 Å². The fourth-order valence-corrected chi connectivity index (χ4v) is 3.45. The Balaban J connectivity index is 1.53. The number of urea groups is 1. The summed E-state index contributed by atoms with van der Waals surface area (Å²) in [4.78, 5) is 18.8. The Morgan fingerprint density at radius 3 is 2.68 bits per heavy atom. The second kappa shape index (κ2) is 8.12. The number of rotatable bonds is 3. The van der Waals surface area contributed by atoms with Gasteiger partial charge in [0.05, 0.1) is 18.9 Å². The molecule has 0 radical (unpaired) electrons. The molecular formula is C20H18BrFN4O2. The van der Waals surface area contributed by atoms with Gasteiger partial charge in [0, 0.05) is 28.6 Å². The second-order valence-corrected chi connectivity index (χ2v) is 7.21. The number of benzene rings is 2. The summed E-state index contributed by atoms with van der Waals surface area (Å²) in [7, 11) is 0. The van der Waals surface area contributed by atoms with Crippen LogP contribution in [0.15, 0.2) is 53.0 Å². The van der Waals surface area contributed by atoms with Crippen LogP contribution in [0.25, 0.3) is 10.9 Å². The van der Waals surface area contributed by atoms with Crippen LogP contribution in [0.5, 0.6) is 0 Å². The molecule has 144 valence electrons. The molecule has 2 heterocycles. The van der Waals surface area contributed by atoms with Crippen molar-refractivity contribution in [1.82, 2.24) is 4.98 Å². The standard InChI is InChI=1S/C20H18BrFN4O2/c21-15-3-1-2-4-17(15)24-20(27)23-14-11-13-5-6-18(25-19(13)16(22)12-14)26-7-9-28-10-8-26/h1-6,11-12H,7-10H2,(H2,23,24,27). The largest absolute Gasteiger partial charge is 0.378 e. The molecule has 3 aromatic rings. The van der Waals surface area contributed by atoms with E-state index in [2.05, 4.69) is 36.4 Å². The van der Waals surface area contributed by atoms with Crippen molar-refractivity contribution in [3.05, 3.63) is 58.8 Å². The Bertz CT molecular complexity index is 1020. The zero-order valence-corrected chi connectivity index (χ0v) is 16.5. The zero-order valence-electron chi connectivity index (χ0n) is 14.9. The average Bonchev–Trinajstić information content (AvgIpc) is 2.70. The molecular weight excluding hydrogens is 427 g/mol. The predicted molar refractivity (Wildman–Crippen MR) is 112 cm³/mol. The number of ether oxygens (including phenoxy) is 1. The molecule has 28 heavy (non-hydrogen) atoms. The average molecular weight is 445 g/mol. The lowest BCUT2D eigenvalue weighted by atomic mass is 10.2. The number of morpholine rings is 1. The quantitative estimate of drug-likeness (QED) is 0.618. The minimum absolute atomic E-state index is 0.278. The molecule has 1 aliphatic heterocycles. The molecule has 0 spiro atoms. The van der Waals surface area contributed by atoms with Crippen molar-refractivity contribution in [1.29, 1.82) is 0 Å². The first-order valence-corrected chi connectivity index (χ1v) is 9.65. The summed E-state index contributed by atoms with van der Waals surface area (Å²) in [6.07, 6.45) is 0. The summed E-state index contributed by atoms with van der Waals surface area (Å²) in [5.41, 5.74) is 1.26. The van der Waals surface area contributed by atoms with E-state index in [9.17, 15) is 9.18 Å². The van der Waals surface area contributed by atoms with Crippen LogP contribution in [0.2, 0.25) is 0 Å². The number of amides is 2. The van der Waals surface area contributed by atoms with Gasteiger partial charge in [-0.3, -0.25) is 0 Å². The fraction of sp³-hybridized carbons (Fsp3) is 0.200. The highest BCUT2D eigenvalue weighted by Gasteiger charge is 2.15. The third kappa shape index (κ3) is 4.07. The first-order chi connectivity index (χ1) is 13.6. The topological polar surface area (TPSA) is 66.5 Å². The van der Waals surface area contributed by atoms with Crippen molar-refractivity contribution < 1.29 is 13.9 Å². The summed E-state index contributed by atoms with van der Waals surface area (Å²) in [5.74, 6) is 0.242. The lowest BCUT2D eigenvalue weighted by Gasteiger charge is -2.28. The van der Waals surface area contributed by atoms with Crippen LogP contribution < -0.4 is 15.5 Å². The Hall–Kier alpha value is -2.71. The Morgan fingerprint density at radius 1 is 1.11 bits per heavy atom. The number of para-hydroxylation sites is 1. The molecule has 2 aromatic carbocycles. The molecule has 0 atom stereocenters. The van der Waals surface area contributed by atoms with Crippen molar-refractivity contribution in [2.24, 2.45) is 0 Å². The van der Waals surface area contributed by atoms with Gasteiger partial charge in [0.2, 0.25) is 0 Å². The van der Waals surface area contributed by atoms with E-state index in [0.717, 1.165) is 23.4 Å². The van der Waals surface area contributed by atoms with Gasteiger partial charge in [0.15, 0.2) is 5.82 Å². The molecule has 2 N–H and O–H groups in total. The molecule has 0 bridgehead atoms. The van der Waals surface area contributed by atoms with Crippen LogP contribution in [0.1, 0.15) is 0 Å². The van der Waals surface area contributed by atoms with Gasteiger partial charge in [-0.25, -0.2) is 14.2 Å². The van der Waals surface area contributed by atoms with E-state index in [1.807, 2.05) is 30.3 Å². The van der Waals surface area contributed by atoms with Gasteiger partial charge in [-0.2, -0.15) is 0 Å². The SMILES string of the molecule is O=C(Nc1cc(F)c2nc(N3CCOCC3)ccc2c1)Nc1ccccc1Br. The van der Waals surface area contributed by atoms with Crippen molar-refractivity contribution in [3.8, 4) is 0 Å². The number of aromatic nitrogens is 1. The number of anilines is 3. The summed E-state index contributed by atoms with van der Waals surface area (Å²) in [6, 6.07) is 13.4. The summed E-state index contributed by atoms with van der Waals surface area (Å²) >= 11 is 3.37. The van der Waals surface area contributed by atoms with E-state index in [1.165, 1.54) is 6.07 Å². The fourth-order valence-electron chi connectivity index (χ4n) is 3.07. The van der Waals surface area contributed by atoms with Crippen molar-refractivity contribution >= 4 is 50.1 Å². The van der Waals surface area contributed by atoms with Gasteiger partial charge >= 0.3 is 6.03 Å². The third-order valence-electron chi connectivity index (χ3n) is 4.45. The van der Waals surface area contributed by atoms with Crippen molar-refractivity contribution in [2.75, 3.05) is 41.8 Å². The maximum absolute atomic E-state index is 14.7. The minimum atomic E-state index is -0.483. The summed E-state index contributed by atoms with van der Waals surface area (Å²) in [5, 5.41) is 6.01. The van der Waals surface area contributed by atoms with E-state index in [4.69, 9.17) is 4.74 Å². The second-order valence-electron chi connectivity index (χ2n) is 6.36. The van der Waals surface area contributed by atoms with Crippen LogP contribution in [0.4, 0.5) is 26.4 Å². The zero-order chi connectivity index (χ0) is 19.5. The van der Waals surface area contributed by atoms with Crippen LogP contribution in [-0.4, -0.2) is 37.3 Å². The number of nitrogens with zero attached hydrogens (tertiary/aromatic N) is 2. The van der Waals surface area contributed by atoms with Crippen LogP contribution in [-0.2, 0) is 4.74 Å². The number of fused-ring (bicyclic) bond motifs is 1. The number of halogens is 2. The normalized spacial score (nSPS) is 14.1. The first kappa shape index (κ1) is 18.6. The number of carbonyl (C=O) groups is 1. The van der Waals surface area contributed by atoms with Gasteiger partial charge in [-0.1, -0.05) is 12.1 Å². The van der Waals surface area contributed by atoms with E-state index < -0.39 is 11.8 Å². The van der Waals surface area contributed by atoms with E-state index in [1.54, 1.807) is 12.1 Å². The smallest absolute Gasteiger partial charge is 0.323 e. The molecule has 4 rings (SSSR count). The maximum atomic E-state index is 14.7. The molecule has 2 amide bonds. The number of nitrogens with one attached hydrogen (secondary N) is 2. The molecule has 6 nitrogen and oxygen atoms in total. The van der Waals surface area contributed by atoms with Gasteiger partial charge in [0.25, 0.3) is 0 Å². The summed E-state index contributed by atoms with van der Waals surface area (Å²) < 4.78 is 20.8. The Labute approximate surface area is 169 Å². The highest BCUT2D eigenvalue weighted by molar-refractivity contribution is 9.10. The van der Waals surface area contributed by atoms with Gasteiger partial charge < -0.3 is 20.3 Å². The monoisotopic (exact) mass is 444 g/mol. The number of hydrogen-bond acceptors (Lipinski definition) is 4. The predicted octanol–water partition coefficient (Wildman–Crippen LogP) is 4.62. The van der Waals surface area contributed by atoms with E-state index in [0.29, 0.717) is 30.0 Å². The Kier molecular flexibility index (Phi) is 5.40. The molecule has 0 saturated carbocycles. The molecule has 1 saturated heterocycles. The van der Waals surface area contributed by atoms with Crippen LogP contribution in [0.3, 0.4) is 0 Å². The molecule has 1 fully saturated rings. The van der Waals surface area contributed by atoms with E-state index in [-0.39, 0.29) is 5.52 Å². The van der Waals surface area contributed by atoms with Crippen LogP contribution in [0, 0.1) is 5.82 Å². The van der Waals surface area contributed by atoms with Gasteiger partial charge in [0.1, 0.15) is 11.3 Å². The number of hydrogen-bond donors (Lipinski definition) is 2. The molecule has 0 aliphatic carbocycles. The van der Waals surface area contributed by atoms with E-state index >= 15 is 0 Å². The highest BCUT2D eigenvalue weighted by atomic mass is 79.9. The number of pyridine rings is 1.